The van der Waals surface area contributed by atoms with E-state index in [1.54, 1.807) is 0 Å². The van der Waals surface area contributed by atoms with Crippen LogP contribution in [0.15, 0.2) is 35.1 Å². The Bertz CT molecular complexity index is 1120. The van der Waals surface area contributed by atoms with Crippen LogP contribution in [0.2, 0.25) is 0 Å². The van der Waals surface area contributed by atoms with Gasteiger partial charge in [-0.05, 0) is 31.2 Å². The Hall–Kier alpha value is -3.18. The fourth-order valence-electron chi connectivity index (χ4n) is 3.70. The third kappa shape index (κ3) is 5.65. The van der Waals surface area contributed by atoms with Crippen LogP contribution in [0.4, 0.5) is 13.2 Å². The molecule has 34 heavy (non-hydrogen) atoms. The number of halogens is 3. The molecule has 11 heteroatoms. The van der Waals surface area contributed by atoms with Crippen molar-refractivity contribution in [2.24, 2.45) is 0 Å². The summed E-state index contributed by atoms with van der Waals surface area (Å²) in [6.45, 7) is 4.92. The zero-order chi connectivity index (χ0) is 25.0. The van der Waals surface area contributed by atoms with Gasteiger partial charge in [-0.25, -0.2) is 0 Å². The predicted molar refractivity (Wildman–Crippen MR) is 119 cm³/mol. The number of pyridine rings is 1. The first-order chi connectivity index (χ1) is 16.0. The van der Waals surface area contributed by atoms with Gasteiger partial charge in [0.25, 0.3) is 17.4 Å². The lowest BCUT2D eigenvalue weighted by Gasteiger charge is -2.26. The van der Waals surface area contributed by atoms with Gasteiger partial charge < -0.3 is 15.0 Å². The number of carbonyl (C=O) groups excluding carboxylic acids is 2. The second kappa shape index (κ2) is 10.4. The number of carbonyl (C=O) groups is 2. The van der Waals surface area contributed by atoms with Crippen LogP contribution in [0.5, 0.6) is 0 Å². The third-order valence-corrected chi connectivity index (χ3v) is 5.58. The normalized spacial score (nSPS) is 14.6. The summed E-state index contributed by atoms with van der Waals surface area (Å²) in [6, 6.07) is 5.41. The largest absolute Gasteiger partial charge is 0.416 e. The fourth-order valence-corrected chi connectivity index (χ4v) is 3.70. The zero-order valence-corrected chi connectivity index (χ0v) is 19.2. The Morgan fingerprint density at radius 2 is 1.79 bits per heavy atom. The molecule has 1 fully saturated rings. The highest BCUT2D eigenvalue weighted by Gasteiger charge is 2.31. The highest BCUT2D eigenvalue weighted by atomic mass is 19.4. The van der Waals surface area contributed by atoms with Gasteiger partial charge in [0.15, 0.2) is 0 Å². The summed E-state index contributed by atoms with van der Waals surface area (Å²) >= 11 is 0. The molecular formula is C23H27F3N4O4. The molecule has 0 spiro atoms. The van der Waals surface area contributed by atoms with Crippen LogP contribution >= 0.6 is 0 Å². The average molecular weight is 480 g/mol. The lowest BCUT2D eigenvalue weighted by molar-refractivity contribution is -0.137. The molecule has 1 saturated heterocycles. The van der Waals surface area contributed by atoms with Crippen molar-refractivity contribution in [1.82, 2.24) is 19.7 Å². The van der Waals surface area contributed by atoms with E-state index in [0.29, 0.717) is 19.8 Å². The molecular weight excluding hydrogens is 453 g/mol. The molecule has 0 bridgehead atoms. The molecule has 1 aromatic carbocycles. The van der Waals surface area contributed by atoms with Gasteiger partial charge >= 0.3 is 6.18 Å². The number of hydrogen-bond donors (Lipinski definition) is 1. The quantitative estimate of drug-likeness (QED) is 0.683. The molecule has 2 aromatic rings. The Labute approximate surface area is 194 Å². The first-order valence-corrected chi connectivity index (χ1v) is 10.7. The highest BCUT2D eigenvalue weighted by Crippen LogP contribution is 2.30. The van der Waals surface area contributed by atoms with E-state index in [-0.39, 0.29) is 29.1 Å². The number of ether oxygens (including phenoxy) is 1. The van der Waals surface area contributed by atoms with Crippen LogP contribution in [-0.2, 0) is 10.9 Å². The molecule has 0 aliphatic carbocycles. The molecule has 2 amide bonds. The first-order valence-electron chi connectivity index (χ1n) is 10.7. The molecule has 8 nitrogen and oxygen atoms in total. The molecule has 2 heterocycles. The summed E-state index contributed by atoms with van der Waals surface area (Å²) in [5.74, 6) is -1.19. The van der Waals surface area contributed by atoms with Crippen LogP contribution in [0, 0.1) is 6.92 Å². The van der Waals surface area contributed by atoms with Crippen LogP contribution in [-0.4, -0.2) is 79.7 Å². The van der Waals surface area contributed by atoms with Crippen LogP contribution in [0.25, 0.3) is 5.69 Å². The number of nitrogens with zero attached hydrogens (tertiary/aromatic N) is 3. The van der Waals surface area contributed by atoms with Crippen LogP contribution < -0.4 is 10.9 Å². The fraction of sp³-hybridized carbons (Fsp3) is 0.435. The van der Waals surface area contributed by atoms with Gasteiger partial charge in [-0.3, -0.25) is 23.9 Å². The minimum atomic E-state index is -4.62. The van der Waals surface area contributed by atoms with Crippen molar-refractivity contribution in [1.29, 1.82) is 0 Å². The highest BCUT2D eigenvalue weighted by molar-refractivity contribution is 6.00. The second-order valence-electron chi connectivity index (χ2n) is 8.16. The van der Waals surface area contributed by atoms with E-state index < -0.39 is 29.1 Å². The number of rotatable bonds is 6. The summed E-state index contributed by atoms with van der Waals surface area (Å²) in [6.07, 6.45) is -4.62. The van der Waals surface area contributed by atoms with E-state index in [2.05, 4.69) is 10.2 Å². The van der Waals surface area contributed by atoms with Crippen LogP contribution in [0.3, 0.4) is 0 Å². The van der Waals surface area contributed by atoms with Crippen molar-refractivity contribution in [3.63, 3.8) is 0 Å². The molecule has 1 aliphatic rings. The van der Waals surface area contributed by atoms with Crippen molar-refractivity contribution in [3.8, 4) is 5.69 Å². The van der Waals surface area contributed by atoms with Gasteiger partial charge in [0.2, 0.25) is 0 Å². The Morgan fingerprint density at radius 1 is 1.12 bits per heavy atom. The lowest BCUT2D eigenvalue weighted by atomic mass is 10.1. The van der Waals surface area contributed by atoms with Gasteiger partial charge in [0, 0.05) is 51.7 Å². The number of amides is 2. The summed E-state index contributed by atoms with van der Waals surface area (Å²) in [5.41, 5.74) is -2.00. The maximum atomic E-state index is 13.3. The van der Waals surface area contributed by atoms with Gasteiger partial charge in [0.05, 0.1) is 24.3 Å². The maximum Gasteiger partial charge on any atom is 0.416 e. The number of morpholine rings is 1. The molecule has 1 aromatic heterocycles. The predicted octanol–water partition coefficient (Wildman–Crippen LogP) is 1.93. The van der Waals surface area contributed by atoms with Gasteiger partial charge in [-0.2, -0.15) is 13.2 Å². The summed E-state index contributed by atoms with van der Waals surface area (Å²) in [5, 5.41) is 2.68. The number of benzene rings is 1. The van der Waals surface area contributed by atoms with Crippen molar-refractivity contribution in [3.05, 3.63) is 63.1 Å². The molecule has 184 valence electrons. The van der Waals surface area contributed by atoms with Crippen molar-refractivity contribution < 1.29 is 27.5 Å². The molecule has 0 unspecified atom stereocenters. The van der Waals surface area contributed by atoms with Gasteiger partial charge in [0.1, 0.15) is 5.56 Å². The van der Waals surface area contributed by atoms with Gasteiger partial charge in [-0.15, -0.1) is 0 Å². The van der Waals surface area contributed by atoms with E-state index >= 15 is 0 Å². The van der Waals surface area contributed by atoms with Gasteiger partial charge in [-0.1, -0.05) is 6.07 Å². The number of nitrogens with one attached hydrogen (secondary N) is 1. The Kier molecular flexibility index (Phi) is 7.78. The first kappa shape index (κ1) is 25.4. The second-order valence-corrected chi connectivity index (χ2v) is 8.16. The zero-order valence-electron chi connectivity index (χ0n) is 19.2. The number of aromatic nitrogens is 1. The molecule has 0 atom stereocenters. The molecule has 0 saturated carbocycles. The smallest absolute Gasteiger partial charge is 0.379 e. The minimum Gasteiger partial charge on any atom is -0.379 e. The number of hydrogen-bond acceptors (Lipinski definition) is 5. The van der Waals surface area contributed by atoms with E-state index in [4.69, 9.17) is 4.74 Å². The van der Waals surface area contributed by atoms with E-state index in [9.17, 15) is 27.6 Å². The Morgan fingerprint density at radius 3 is 2.41 bits per heavy atom. The SMILES string of the molecule is Cc1c(C(=O)N(C)C)cc(C(=O)NCCN2CCOCC2)c(=O)n1-c1cccc(C(F)(F)F)c1. The summed E-state index contributed by atoms with van der Waals surface area (Å²) in [4.78, 5) is 42.3. The van der Waals surface area contributed by atoms with E-state index in [1.807, 2.05) is 0 Å². The average Bonchev–Trinajstić information content (AvgIpc) is 2.79. The molecule has 3 rings (SSSR count). The van der Waals surface area contributed by atoms with E-state index in [0.717, 1.165) is 29.8 Å². The summed E-state index contributed by atoms with van der Waals surface area (Å²) in [7, 11) is 3.01. The monoisotopic (exact) mass is 480 g/mol. The van der Waals surface area contributed by atoms with E-state index in [1.165, 1.54) is 44.1 Å². The lowest BCUT2D eigenvalue weighted by Crippen LogP contribution is -2.42. The minimum absolute atomic E-state index is 0.0420. The van der Waals surface area contributed by atoms with Crippen molar-refractivity contribution in [2.75, 3.05) is 53.5 Å². The standard InChI is InChI=1S/C23H27F3N4O4/c1-15-18(21(32)28(2)3)14-19(20(31)27-7-8-29-9-11-34-12-10-29)22(33)30(15)17-6-4-5-16(13-17)23(24,25)26/h4-6,13-14H,7-12H2,1-3H3,(H,27,31). The third-order valence-electron chi connectivity index (χ3n) is 5.58. The topological polar surface area (TPSA) is 83.9 Å². The van der Waals surface area contributed by atoms with Crippen molar-refractivity contribution in [2.45, 2.75) is 13.1 Å². The molecule has 1 aliphatic heterocycles. The molecule has 0 radical (unpaired) electrons. The Balaban J connectivity index is 2.01. The summed E-state index contributed by atoms with van der Waals surface area (Å²) < 4.78 is 46.1. The van der Waals surface area contributed by atoms with Crippen LogP contribution in [0.1, 0.15) is 32.0 Å². The van der Waals surface area contributed by atoms with Crippen molar-refractivity contribution >= 4 is 11.8 Å². The maximum absolute atomic E-state index is 13.3. The molecule has 1 N–H and O–H groups in total. The number of alkyl halides is 3.